The molecule has 0 saturated heterocycles. The molecule has 4 aliphatic rings. The first kappa shape index (κ1) is 26.3. The summed E-state index contributed by atoms with van der Waals surface area (Å²) in [4.78, 5) is 2.33. The summed E-state index contributed by atoms with van der Waals surface area (Å²) in [5.74, 6) is 4.98. The van der Waals surface area contributed by atoms with Gasteiger partial charge in [0.1, 0.15) is 11.5 Å². The molecule has 0 N–H and O–H groups in total. The Bertz CT molecular complexity index is 2170. The molecule has 0 radical (unpaired) electrons. The number of rotatable bonds is 1. The largest absolute Gasteiger partial charge is 0.454 e. The van der Waals surface area contributed by atoms with E-state index in [-0.39, 0.29) is 10.8 Å². The zero-order chi connectivity index (χ0) is 30.9. The van der Waals surface area contributed by atoms with Crippen molar-refractivity contribution in [3.63, 3.8) is 0 Å². The predicted molar refractivity (Wildman–Crippen MR) is 184 cm³/mol. The van der Waals surface area contributed by atoms with E-state index >= 15 is 0 Å². The van der Waals surface area contributed by atoms with E-state index in [1.54, 1.807) is 11.8 Å². The van der Waals surface area contributed by atoms with E-state index in [1.165, 1.54) is 55.0 Å². The minimum Gasteiger partial charge on any atom is -0.454 e. The Morgan fingerprint density at radius 2 is 0.978 bits per heavy atom. The van der Waals surface area contributed by atoms with E-state index in [9.17, 15) is 0 Å². The lowest BCUT2D eigenvalue weighted by molar-refractivity contribution is 0.360. The zero-order valence-electron chi connectivity index (χ0n) is 26.0. The van der Waals surface area contributed by atoms with Crippen molar-refractivity contribution in [3.8, 4) is 67.9 Å². The van der Waals surface area contributed by atoms with Crippen molar-refractivity contribution in [2.24, 2.45) is 0 Å². The SMILES string of the molecule is CC1(C)c2cc(-c3ccc4c(c3)C(C)(C)c3ccc5c(c3-4)Oc3ccccc3S5)ccc2-c2c1ccc1c2Oc2ccccc2O1. The summed E-state index contributed by atoms with van der Waals surface area (Å²) in [6, 6.07) is 38.9. The second-order valence-electron chi connectivity index (χ2n) is 13.7. The summed E-state index contributed by atoms with van der Waals surface area (Å²) in [5.41, 5.74) is 12.1. The molecule has 0 bridgehead atoms. The van der Waals surface area contributed by atoms with Gasteiger partial charge in [0.2, 0.25) is 0 Å². The van der Waals surface area contributed by atoms with Gasteiger partial charge in [0.15, 0.2) is 23.0 Å². The molecule has 6 aromatic rings. The molecular formula is C42H30O3S. The Kier molecular flexibility index (Phi) is 5.07. The van der Waals surface area contributed by atoms with Gasteiger partial charge in [-0.25, -0.2) is 0 Å². The van der Waals surface area contributed by atoms with Crippen LogP contribution in [0.1, 0.15) is 49.9 Å². The summed E-state index contributed by atoms with van der Waals surface area (Å²) in [5, 5.41) is 0. The molecule has 2 aliphatic heterocycles. The zero-order valence-corrected chi connectivity index (χ0v) is 26.8. The Balaban J connectivity index is 1.07. The lowest BCUT2D eigenvalue weighted by Gasteiger charge is -2.25. The first-order chi connectivity index (χ1) is 22.3. The molecule has 6 aromatic carbocycles. The third-order valence-electron chi connectivity index (χ3n) is 10.4. The number of para-hydroxylation sites is 3. The summed E-state index contributed by atoms with van der Waals surface area (Å²) in [6.07, 6.45) is 0. The highest BCUT2D eigenvalue weighted by molar-refractivity contribution is 7.99. The topological polar surface area (TPSA) is 27.7 Å². The first-order valence-corrected chi connectivity index (χ1v) is 16.7. The molecule has 2 heterocycles. The quantitative estimate of drug-likeness (QED) is 0.184. The average molecular weight is 615 g/mol. The van der Waals surface area contributed by atoms with E-state index in [1.807, 2.05) is 30.3 Å². The monoisotopic (exact) mass is 614 g/mol. The minimum atomic E-state index is -0.188. The third kappa shape index (κ3) is 3.40. The van der Waals surface area contributed by atoms with Crippen LogP contribution in [0.15, 0.2) is 119 Å². The van der Waals surface area contributed by atoms with Crippen molar-refractivity contribution in [2.45, 2.75) is 48.3 Å². The predicted octanol–water partition coefficient (Wildman–Crippen LogP) is 12.1. The molecule has 0 spiro atoms. The number of fused-ring (bicyclic) bond motifs is 12. The Labute approximate surface area is 272 Å². The van der Waals surface area contributed by atoms with Crippen LogP contribution < -0.4 is 14.2 Å². The Hall–Kier alpha value is -4.93. The van der Waals surface area contributed by atoms with Gasteiger partial charge in [-0.15, -0.1) is 0 Å². The standard InChI is InChI=1S/C42H30O3S/c1-41(2)27-17-19-34-39(44-32-10-6-5-9-31(32)43-34)37(27)25-15-13-23(21-29(25)41)24-14-16-26-30(22-24)42(3,4)28-18-20-36-40(38(26)28)45-33-11-7-8-12-35(33)46-36/h5-22H,1-4H3. The second kappa shape index (κ2) is 8.86. The average Bonchev–Trinajstić information content (AvgIpc) is 3.45. The van der Waals surface area contributed by atoms with Crippen LogP contribution in [-0.2, 0) is 10.8 Å². The van der Waals surface area contributed by atoms with Crippen LogP contribution in [-0.4, -0.2) is 0 Å². The molecule has 0 amide bonds. The van der Waals surface area contributed by atoms with Crippen LogP contribution in [0.5, 0.6) is 34.5 Å². The molecule has 10 rings (SSSR count). The van der Waals surface area contributed by atoms with E-state index in [2.05, 4.69) is 107 Å². The summed E-state index contributed by atoms with van der Waals surface area (Å²) in [6.45, 7) is 9.30. The van der Waals surface area contributed by atoms with Gasteiger partial charge in [-0.05, 0) is 93.0 Å². The Morgan fingerprint density at radius 3 is 1.65 bits per heavy atom. The lowest BCUT2D eigenvalue weighted by Crippen LogP contribution is -2.15. The van der Waals surface area contributed by atoms with Crippen molar-refractivity contribution >= 4 is 11.8 Å². The first-order valence-electron chi connectivity index (χ1n) is 15.8. The number of benzene rings is 6. The molecule has 0 saturated carbocycles. The van der Waals surface area contributed by atoms with Gasteiger partial charge < -0.3 is 14.2 Å². The maximum atomic E-state index is 6.61. The molecule has 2 aliphatic carbocycles. The molecule has 46 heavy (non-hydrogen) atoms. The van der Waals surface area contributed by atoms with E-state index in [4.69, 9.17) is 14.2 Å². The maximum Gasteiger partial charge on any atom is 0.178 e. The molecule has 3 nitrogen and oxygen atoms in total. The number of hydrogen-bond donors (Lipinski definition) is 0. The molecule has 0 unspecified atom stereocenters. The molecule has 0 fully saturated rings. The highest BCUT2D eigenvalue weighted by Gasteiger charge is 2.41. The van der Waals surface area contributed by atoms with Crippen LogP contribution >= 0.6 is 11.8 Å². The Morgan fingerprint density at radius 1 is 0.435 bits per heavy atom. The van der Waals surface area contributed by atoms with Crippen molar-refractivity contribution in [1.29, 1.82) is 0 Å². The summed E-state index contributed by atoms with van der Waals surface area (Å²) >= 11 is 1.79. The molecule has 222 valence electrons. The highest BCUT2D eigenvalue weighted by Crippen LogP contribution is 2.61. The fourth-order valence-electron chi connectivity index (χ4n) is 7.97. The van der Waals surface area contributed by atoms with Crippen molar-refractivity contribution in [2.75, 3.05) is 0 Å². The van der Waals surface area contributed by atoms with Gasteiger partial charge in [-0.2, -0.15) is 0 Å². The van der Waals surface area contributed by atoms with Crippen molar-refractivity contribution in [3.05, 3.63) is 131 Å². The summed E-state index contributed by atoms with van der Waals surface area (Å²) < 4.78 is 19.4. The van der Waals surface area contributed by atoms with Crippen LogP contribution in [0.4, 0.5) is 0 Å². The lowest BCUT2D eigenvalue weighted by atomic mass is 9.80. The van der Waals surface area contributed by atoms with Crippen LogP contribution in [0.2, 0.25) is 0 Å². The van der Waals surface area contributed by atoms with E-state index in [0.717, 1.165) is 45.0 Å². The van der Waals surface area contributed by atoms with Crippen LogP contribution in [0.3, 0.4) is 0 Å². The van der Waals surface area contributed by atoms with Crippen molar-refractivity contribution < 1.29 is 14.2 Å². The maximum absolute atomic E-state index is 6.61. The number of ether oxygens (including phenoxy) is 3. The summed E-state index contributed by atoms with van der Waals surface area (Å²) in [7, 11) is 0. The highest BCUT2D eigenvalue weighted by atomic mass is 32.2. The van der Waals surface area contributed by atoms with Crippen molar-refractivity contribution in [1.82, 2.24) is 0 Å². The molecular weight excluding hydrogens is 585 g/mol. The molecule has 0 atom stereocenters. The fraction of sp³-hybridized carbons (Fsp3) is 0.143. The molecule has 4 heteroatoms. The van der Waals surface area contributed by atoms with Gasteiger partial charge in [-0.1, -0.05) is 100 Å². The number of hydrogen-bond acceptors (Lipinski definition) is 4. The van der Waals surface area contributed by atoms with Gasteiger partial charge in [-0.3, -0.25) is 0 Å². The van der Waals surface area contributed by atoms with Crippen LogP contribution in [0, 0.1) is 0 Å². The third-order valence-corrected chi connectivity index (χ3v) is 11.5. The van der Waals surface area contributed by atoms with Crippen LogP contribution in [0.25, 0.3) is 33.4 Å². The fourth-order valence-corrected chi connectivity index (χ4v) is 8.94. The minimum absolute atomic E-state index is 0.153. The van der Waals surface area contributed by atoms with E-state index < -0.39 is 0 Å². The van der Waals surface area contributed by atoms with E-state index in [0.29, 0.717) is 0 Å². The van der Waals surface area contributed by atoms with Gasteiger partial charge in [0, 0.05) is 22.0 Å². The normalized spacial score (nSPS) is 16.2. The molecule has 0 aromatic heterocycles. The van der Waals surface area contributed by atoms with Gasteiger partial charge in [0.25, 0.3) is 0 Å². The van der Waals surface area contributed by atoms with Gasteiger partial charge >= 0.3 is 0 Å². The second-order valence-corrected chi connectivity index (χ2v) is 14.8. The smallest absolute Gasteiger partial charge is 0.178 e. The van der Waals surface area contributed by atoms with Gasteiger partial charge in [0.05, 0.1) is 9.79 Å².